The van der Waals surface area contributed by atoms with Crippen molar-refractivity contribution < 1.29 is 0 Å². The number of hydrogen-bond donors (Lipinski definition) is 1. The number of rotatable bonds is 1. The summed E-state index contributed by atoms with van der Waals surface area (Å²) in [5, 5.41) is 1.44. The molecule has 0 radical (unpaired) electrons. The van der Waals surface area contributed by atoms with Crippen molar-refractivity contribution in [2.45, 2.75) is 12.8 Å². The molecule has 1 aromatic carbocycles. The van der Waals surface area contributed by atoms with Crippen molar-refractivity contribution in [2.75, 3.05) is 25.0 Å². The van der Waals surface area contributed by atoms with Crippen LogP contribution in [0.5, 0.6) is 0 Å². The fourth-order valence-electron chi connectivity index (χ4n) is 2.30. The number of hydrogen-bond acceptors (Lipinski definition) is 2. The average Bonchev–Trinajstić information content (AvgIpc) is 2.37. The zero-order chi connectivity index (χ0) is 11.7. The summed E-state index contributed by atoms with van der Waals surface area (Å²) in [6.45, 7) is 1.72. The minimum Gasteiger partial charge on any atom is -0.373 e. The second-order valence-electron chi connectivity index (χ2n) is 4.41. The van der Waals surface area contributed by atoms with Gasteiger partial charge in [-0.2, -0.15) is 0 Å². The minimum absolute atomic E-state index is 0.526. The molecule has 0 aromatic heterocycles. The molecule has 2 N–H and O–H groups in total. The molecule has 1 atom stereocenters. The average molecular weight is 259 g/mol. The van der Waals surface area contributed by atoms with Gasteiger partial charge in [-0.1, -0.05) is 23.2 Å². The number of benzene rings is 1. The Morgan fingerprint density at radius 2 is 2.19 bits per heavy atom. The smallest absolute Gasteiger partial charge is 0.0657 e. The van der Waals surface area contributed by atoms with Crippen LogP contribution < -0.4 is 10.6 Å². The van der Waals surface area contributed by atoms with Gasteiger partial charge in [0.15, 0.2) is 0 Å². The topological polar surface area (TPSA) is 29.3 Å². The van der Waals surface area contributed by atoms with Crippen LogP contribution in [0.1, 0.15) is 12.0 Å². The third-order valence-electron chi connectivity index (χ3n) is 3.20. The maximum atomic E-state index is 6.25. The molecule has 0 amide bonds. The van der Waals surface area contributed by atoms with E-state index >= 15 is 0 Å². The molecular formula is C12H16Cl2N2. The summed E-state index contributed by atoms with van der Waals surface area (Å²) in [5.74, 6) is 0.526. The molecule has 0 spiro atoms. The Hall–Kier alpha value is -0.440. The Bertz CT molecular complexity index is 393. The normalized spacial score (nSPS) is 20.5. The molecule has 88 valence electrons. The van der Waals surface area contributed by atoms with Crippen molar-refractivity contribution >= 4 is 28.9 Å². The molecule has 0 aliphatic carbocycles. The second kappa shape index (κ2) is 4.82. The minimum atomic E-state index is 0.526. The Kier molecular flexibility index (Phi) is 3.63. The molecular weight excluding hydrogens is 243 g/mol. The largest absolute Gasteiger partial charge is 0.373 e. The summed E-state index contributed by atoms with van der Waals surface area (Å²) >= 11 is 12.3. The van der Waals surface area contributed by atoms with Crippen LogP contribution in [0.2, 0.25) is 10.0 Å². The van der Waals surface area contributed by atoms with Crippen LogP contribution >= 0.6 is 23.2 Å². The van der Waals surface area contributed by atoms with Gasteiger partial charge in [0.25, 0.3) is 0 Å². The third-order valence-corrected chi connectivity index (χ3v) is 3.71. The van der Waals surface area contributed by atoms with E-state index in [-0.39, 0.29) is 0 Å². The number of anilines is 1. The summed E-state index contributed by atoms with van der Waals surface area (Å²) in [4.78, 5) is 2.20. The quantitative estimate of drug-likeness (QED) is 0.840. The predicted octanol–water partition coefficient (Wildman–Crippen LogP) is 2.95. The van der Waals surface area contributed by atoms with Gasteiger partial charge in [0.1, 0.15) is 0 Å². The standard InChI is InChI=1S/C12H16Cl2N2/c1-16-3-2-8(7-15)4-9-5-10(13)6-11(14)12(9)16/h5-6,8H,2-4,7,15H2,1H3. The summed E-state index contributed by atoms with van der Waals surface area (Å²) in [6.07, 6.45) is 2.08. The predicted molar refractivity (Wildman–Crippen MR) is 70.6 cm³/mol. The zero-order valence-electron chi connectivity index (χ0n) is 9.34. The highest BCUT2D eigenvalue weighted by atomic mass is 35.5. The van der Waals surface area contributed by atoms with Gasteiger partial charge in [-0.15, -0.1) is 0 Å². The van der Waals surface area contributed by atoms with E-state index < -0.39 is 0 Å². The van der Waals surface area contributed by atoms with Crippen LogP contribution in [0.15, 0.2) is 12.1 Å². The fraction of sp³-hybridized carbons (Fsp3) is 0.500. The molecule has 1 heterocycles. The molecule has 0 saturated carbocycles. The SMILES string of the molecule is CN1CCC(CN)Cc2cc(Cl)cc(Cl)c21. The van der Waals surface area contributed by atoms with Gasteiger partial charge < -0.3 is 10.6 Å². The first-order chi connectivity index (χ1) is 7.61. The Balaban J connectivity index is 2.45. The summed E-state index contributed by atoms with van der Waals surface area (Å²) in [6, 6.07) is 3.81. The number of nitrogens with two attached hydrogens (primary N) is 1. The number of halogens is 2. The van der Waals surface area contributed by atoms with Gasteiger partial charge in [0.2, 0.25) is 0 Å². The lowest BCUT2D eigenvalue weighted by molar-refractivity contribution is 0.509. The molecule has 1 aliphatic rings. The maximum absolute atomic E-state index is 6.25. The Labute approximate surface area is 106 Å². The first-order valence-electron chi connectivity index (χ1n) is 5.51. The van der Waals surface area contributed by atoms with Crippen molar-refractivity contribution in [3.63, 3.8) is 0 Å². The van der Waals surface area contributed by atoms with Crippen molar-refractivity contribution in [2.24, 2.45) is 11.7 Å². The van der Waals surface area contributed by atoms with Crippen LogP contribution in [0.4, 0.5) is 5.69 Å². The van der Waals surface area contributed by atoms with Crippen molar-refractivity contribution in [3.05, 3.63) is 27.7 Å². The molecule has 16 heavy (non-hydrogen) atoms. The molecule has 0 bridgehead atoms. The molecule has 1 unspecified atom stereocenters. The molecule has 0 fully saturated rings. The summed E-state index contributed by atoms with van der Waals surface area (Å²) < 4.78 is 0. The van der Waals surface area contributed by atoms with Gasteiger partial charge >= 0.3 is 0 Å². The van der Waals surface area contributed by atoms with E-state index in [1.165, 1.54) is 5.56 Å². The molecule has 4 heteroatoms. The van der Waals surface area contributed by atoms with Crippen LogP contribution in [0.25, 0.3) is 0 Å². The molecule has 0 saturated heterocycles. The van der Waals surface area contributed by atoms with Crippen LogP contribution in [-0.4, -0.2) is 20.1 Å². The lowest BCUT2D eigenvalue weighted by atomic mass is 9.97. The first-order valence-corrected chi connectivity index (χ1v) is 6.26. The third kappa shape index (κ3) is 2.29. The monoisotopic (exact) mass is 258 g/mol. The summed E-state index contributed by atoms with van der Waals surface area (Å²) in [7, 11) is 2.07. The number of nitrogens with zero attached hydrogens (tertiary/aromatic N) is 1. The highest BCUT2D eigenvalue weighted by Crippen LogP contribution is 2.36. The van der Waals surface area contributed by atoms with E-state index in [4.69, 9.17) is 28.9 Å². The Morgan fingerprint density at radius 1 is 1.44 bits per heavy atom. The molecule has 1 aliphatic heterocycles. The fourth-order valence-corrected chi connectivity index (χ4v) is 2.98. The van der Waals surface area contributed by atoms with Gasteiger partial charge in [0.05, 0.1) is 10.7 Å². The van der Waals surface area contributed by atoms with E-state index in [1.54, 1.807) is 6.07 Å². The lowest BCUT2D eigenvalue weighted by Gasteiger charge is -2.20. The van der Waals surface area contributed by atoms with E-state index in [0.29, 0.717) is 10.9 Å². The van der Waals surface area contributed by atoms with E-state index in [2.05, 4.69) is 11.9 Å². The summed E-state index contributed by atoms with van der Waals surface area (Å²) in [5.41, 5.74) is 8.10. The molecule has 2 rings (SSSR count). The second-order valence-corrected chi connectivity index (χ2v) is 5.26. The lowest BCUT2D eigenvalue weighted by Crippen LogP contribution is -2.21. The van der Waals surface area contributed by atoms with E-state index in [0.717, 1.165) is 36.6 Å². The molecule has 1 aromatic rings. The zero-order valence-corrected chi connectivity index (χ0v) is 10.9. The van der Waals surface area contributed by atoms with Crippen LogP contribution in [0, 0.1) is 5.92 Å². The highest BCUT2D eigenvalue weighted by molar-refractivity contribution is 6.36. The van der Waals surface area contributed by atoms with Crippen molar-refractivity contribution in [3.8, 4) is 0 Å². The van der Waals surface area contributed by atoms with Gasteiger partial charge in [-0.3, -0.25) is 0 Å². The number of fused-ring (bicyclic) bond motifs is 1. The van der Waals surface area contributed by atoms with Crippen LogP contribution in [-0.2, 0) is 6.42 Å². The Morgan fingerprint density at radius 3 is 2.88 bits per heavy atom. The van der Waals surface area contributed by atoms with Crippen molar-refractivity contribution in [1.82, 2.24) is 0 Å². The molecule has 2 nitrogen and oxygen atoms in total. The van der Waals surface area contributed by atoms with Gasteiger partial charge in [-0.05, 0) is 43.0 Å². The van der Waals surface area contributed by atoms with Gasteiger partial charge in [0, 0.05) is 18.6 Å². The van der Waals surface area contributed by atoms with E-state index in [1.807, 2.05) is 6.07 Å². The van der Waals surface area contributed by atoms with Crippen molar-refractivity contribution in [1.29, 1.82) is 0 Å². The van der Waals surface area contributed by atoms with E-state index in [9.17, 15) is 0 Å². The first kappa shape index (κ1) is 12.0. The maximum Gasteiger partial charge on any atom is 0.0657 e. The highest BCUT2D eigenvalue weighted by Gasteiger charge is 2.21. The van der Waals surface area contributed by atoms with Crippen LogP contribution in [0.3, 0.4) is 0 Å². The van der Waals surface area contributed by atoms with Gasteiger partial charge in [-0.25, -0.2) is 0 Å².